The molecule has 1 heterocycles. The SMILES string of the molecule is CC(C)NC(=O)c1ccc(N)nc1. The molecule has 70 valence electrons. The van der Waals surface area contributed by atoms with Gasteiger partial charge in [0.15, 0.2) is 0 Å². The number of pyridine rings is 1. The number of carbonyl (C=O) groups is 1. The van der Waals surface area contributed by atoms with Crippen molar-refractivity contribution in [3.63, 3.8) is 0 Å². The van der Waals surface area contributed by atoms with E-state index < -0.39 is 0 Å². The van der Waals surface area contributed by atoms with Gasteiger partial charge in [-0.25, -0.2) is 4.98 Å². The van der Waals surface area contributed by atoms with Crippen molar-refractivity contribution in [1.82, 2.24) is 10.3 Å². The predicted molar refractivity (Wildman–Crippen MR) is 51.3 cm³/mol. The molecular weight excluding hydrogens is 166 g/mol. The average Bonchev–Trinajstić information content (AvgIpc) is 2.04. The van der Waals surface area contributed by atoms with Crippen molar-refractivity contribution in [2.45, 2.75) is 19.9 Å². The van der Waals surface area contributed by atoms with Crippen molar-refractivity contribution in [3.05, 3.63) is 23.9 Å². The quantitative estimate of drug-likeness (QED) is 0.705. The third kappa shape index (κ3) is 2.74. The van der Waals surface area contributed by atoms with E-state index in [9.17, 15) is 4.79 Å². The molecule has 0 atom stereocenters. The number of nitrogens with one attached hydrogen (secondary N) is 1. The Morgan fingerprint density at radius 2 is 2.23 bits per heavy atom. The van der Waals surface area contributed by atoms with E-state index in [1.165, 1.54) is 6.20 Å². The zero-order valence-corrected chi connectivity index (χ0v) is 7.74. The largest absolute Gasteiger partial charge is 0.384 e. The Labute approximate surface area is 77.2 Å². The average molecular weight is 179 g/mol. The fraction of sp³-hybridized carbons (Fsp3) is 0.333. The summed E-state index contributed by atoms with van der Waals surface area (Å²) in [5, 5.41) is 2.76. The Balaban J connectivity index is 2.72. The molecule has 0 saturated heterocycles. The first-order chi connectivity index (χ1) is 6.09. The van der Waals surface area contributed by atoms with Crippen LogP contribution in [0.25, 0.3) is 0 Å². The van der Waals surface area contributed by atoms with Crippen LogP contribution in [0.5, 0.6) is 0 Å². The van der Waals surface area contributed by atoms with Crippen LogP contribution in [0, 0.1) is 0 Å². The van der Waals surface area contributed by atoms with Crippen LogP contribution in [0.2, 0.25) is 0 Å². The van der Waals surface area contributed by atoms with Gasteiger partial charge in [0.2, 0.25) is 0 Å². The number of nitrogens with zero attached hydrogens (tertiary/aromatic N) is 1. The molecule has 0 aliphatic carbocycles. The fourth-order valence-corrected chi connectivity index (χ4v) is 0.885. The summed E-state index contributed by atoms with van der Waals surface area (Å²) in [4.78, 5) is 15.2. The van der Waals surface area contributed by atoms with Crippen molar-refractivity contribution >= 4 is 11.7 Å². The van der Waals surface area contributed by atoms with Crippen molar-refractivity contribution in [2.24, 2.45) is 0 Å². The molecule has 0 unspecified atom stereocenters. The molecule has 3 N–H and O–H groups in total. The molecular formula is C9H13N3O. The van der Waals surface area contributed by atoms with Gasteiger partial charge in [-0.05, 0) is 26.0 Å². The number of hydrogen-bond donors (Lipinski definition) is 2. The van der Waals surface area contributed by atoms with Gasteiger partial charge >= 0.3 is 0 Å². The second-order valence-electron chi connectivity index (χ2n) is 3.10. The summed E-state index contributed by atoms with van der Waals surface area (Å²) in [7, 11) is 0. The molecule has 4 nitrogen and oxygen atoms in total. The minimum atomic E-state index is -0.123. The first-order valence-electron chi connectivity index (χ1n) is 4.12. The summed E-state index contributed by atoms with van der Waals surface area (Å²) >= 11 is 0. The monoisotopic (exact) mass is 179 g/mol. The van der Waals surface area contributed by atoms with Crippen molar-refractivity contribution in [2.75, 3.05) is 5.73 Å². The summed E-state index contributed by atoms with van der Waals surface area (Å²) in [6.07, 6.45) is 1.47. The van der Waals surface area contributed by atoms with E-state index in [4.69, 9.17) is 5.73 Å². The molecule has 0 fully saturated rings. The predicted octanol–water partition coefficient (Wildman–Crippen LogP) is 0.802. The maximum absolute atomic E-state index is 11.4. The van der Waals surface area contributed by atoms with Gasteiger partial charge in [-0.3, -0.25) is 4.79 Å². The Morgan fingerprint density at radius 1 is 1.54 bits per heavy atom. The second kappa shape index (κ2) is 3.89. The first-order valence-corrected chi connectivity index (χ1v) is 4.12. The lowest BCUT2D eigenvalue weighted by atomic mass is 10.2. The standard InChI is InChI=1S/C9H13N3O/c1-6(2)12-9(13)7-3-4-8(10)11-5-7/h3-6H,1-2H3,(H2,10,11)(H,12,13). The van der Waals surface area contributed by atoms with Gasteiger partial charge in [0.1, 0.15) is 5.82 Å². The highest BCUT2D eigenvalue weighted by Gasteiger charge is 2.05. The zero-order valence-electron chi connectivity index (χ0n) is 7.74. The summed E-state index contributed by atoms with van der Waals surface area (Å²) in [6, 6.07) is 3.39. The van der Waals surface area contributed by atoms with Gasteiger partial charge in [-0.15, -0.1) is 0 Å². The summed E-state index contributed by atoms with van der Waals surface area (Å²) < 4.78 is 0. The Morgan fingerprint density at radius 3 is 2.69 bits per heavy atom. The molecule has 13 heavy (non-hydrogen) atoms. The number of anilines is 1. The number of rotatable bonds is 2. The second-order valence-corrected chi connectivity index (χ2v) is 3.10. The lowest BCUT2D eigenvalue weighted by Gasteiger charge is -2.07. The lowest BCUT2D eigenvalue weighted by Crippen LogP contribution is -2.30. The maximum atomic E-state index is 11.4. The molecule has 1 amide bonds. The number of nitrogens with two attached hydrogens (primary N) is 1. The highest BCUT2D eigenvalue weighted by Crippen LogP contribution is 2.01. The van der Waals surface area contributed by atoms with Gasteiger partial charge < -0.3 is 11.1 Å². The van der Waals surface area contributed by atoms with E-state index >= 15 is 0 Å². The van der Waals surface area contributed by atoms with E-state index in [-0.39, 0.29) is 11.9 Å². The number of aromatic nitrogens is 1. The van der Waals surface area contributed by atoms with E-state index in [0.717, 1.165) is 0 Å². The van der Waals surface area contributed by atoms with E-state index in [1.807, 2.05) is 13.8 Å². The first kappa shape index (κ1) is 9.51. The van der Waals surface area contributed by atoms with E-state index in [2.05, 4.69) is 10.3 Å². The number of carbonyl (C=O) groups excluding carboxylic acids is 1. The molecule has 1 aromatic rings. The maximum Gasteiger partial charge on any atom is 0.253 e. The molecule has 0 saturated carbocycles. The Kier molecular flexibility index (Phi) is 2.84. The fourth-order valence-electron chi connectivity index (χ4n) is 0.885. The van der Waals surface area contributed by atoms with Crippen LogP contribution in [-0.4, -0.2) is 16.9 Å². The van der Waals surface area contributed by atoms with Crippen LogP contribution in [0.3, 0.4) is 0 Å². The zero-order chi connectivity index (χ0) is 9.84. The topological polar surface area (TPSA) is 68.0 Å². The normalized spacial score (nSPS) is 10.1. The molecule has 0 spiro atoms. The Bertz CT molecular complexity index is 292. The molecule has 0 aliphatic rings. The molecule has 0 radical (unpaired) electrons. The van der Waals surface area contributed by atoms with Crippen LogP contribution < -0.4 is 11.1 Å². The highest BCUT2D eigenvalue weighted by atomic mass is 16.1. The molecule has 0 aromatic carbocycles. The summed E-state index contributed by atoms with van der Waals surface area (Å²) in [6.45, 7) is 3.81. The van der Waals surface area contributed by atoms with Gasteiger partial charge in [0, 0.05) is 12.2 Å². The van der Waals surface area contributed by atoms with Gasteiger partial charge in [-0.2, -0.15) is 0 Å². The summed E-state index contributed by atoms with van der Waals surface area (Å²) in [5.74, 6) is 0.295. The molecule has 1 aromatic heterocycles. The molecule has 4 heteroatoms. The van der Waals surface area contributed by atoms with Crippen LogP contribution in [0.15, 0.2) is 18.3 Å². The number of nitrogen functional groups attached to an aromatic ring is 1. The third-order valence-corrected chi connectivity index (χ3v) is 1.47. The van der Waals surface area contributed by atoms with Crippen molar-refractivity contribution < 1.29 is 4.79 Å². The van der Waals surface area contributed by atoms with Gasteiger partial charge in [-0.1, -0.05) is 0 Å². The van der Waals surface area contributed by atoms with Crippen LogP contribution in [0.4, 0.5) is 5.82 Å². The van der Waals surface area contributed by atoms with E-state index in [1.54, 1.807) is 12.1 Å². The van der Waals surface area contributed by atoms with Gasteiger partial charge in [0.25, 0.3) is 5.91 Å². The molecule has 0 aliphatic heterocycles. The molecule has 1 rings (SSSR count). The number of hydrogen-bond acceptors (Lipinski definition) is 3. The minimum absolute atomic E-state index is 0.123. The molecule has 0 bridgehead atoms. The van der Waals surface area contributed by atoms with E-state index in [0.29, 0.717) is 11.4 Å². The highest BCUT2D eigenvalue weighted by molar-refractivity contribution is 5.94. The van der Waals surface area contributed by atoms with Gasteiger partial charge in [0.05, 0.1) is 5.56 Å². The van der Waals surface area contributed by atoms with Crippen molar-refractivity contribution in [3.8, 4) is 0 Å². The van der Waals surface area contributed by atoms with Crippen molar-refractivity contribution in [1.29, 1.82) is 0 Å². The lowest BCUT2D eigenvalue weighted by molar-refractivity contribution is 0.0943. The van der Waals surface area contributed by atoms with Crippen LogP contribution >= 0.6 is 0 Å². The smallest absolute Gasteiger partial charge is 0.253 e. The third-order valence-electron chi connectivity index (χ3n) is 1.47. The number of amides is 1. The Hall–Kier alpha value is -1.58. The summed E-state index contributed by atoms with van der Waals surface area (Å²) in [5.41, 5.74) is 5.92. The minimum Gasteiger partial charge on any atom is -0.384 e. The van der Waals surface area contributed by atoms with Crippen LogP contribution in [0.1, 0.15) is 24.2 Å². The van der Waals surface area contributed by atoms with Crippen LogP contribution in [-0.2, 0) is 0 Å².